The number of hydrogen-bond acceptors (Lipinski definition) is 4. The van der Waals surface area contributed by atoms with Gasteiger partial charge >= 0.3 is 5.97 Å². The molecule has 16 heavy (non-hydrogen) atoms. The molecule has 0 aromatic heterocycles. The van der Waals surface area contributed by atoms with Crippen LogP contribution in [-0.4, -0.2) is 36.7 Å². The first-order valence-electron chi connectivity index (χ1n) is 6.06. The molecule has 0 aromatic rings. The second-order valence-electron chi connectivity index (χ2n) is 4.60. The Morgan fingerprint density at radius 1 is 1.56 bits per heavy atom. The topological polar surface area (TPSA) is 38.3 Å². The van der Waals surface area contributed by atoms with Crippen LogP contribution >= 0.6 is 11.8 Å². The molecule has 1 aliphatic heterocycles. The zero-order valence-electron chi connectivity index (χ0n) is 10.5. The van der Waals surface area contributed by atoms with Gasteiger partial charge in [-0.25, -0.2) is 0 Å². The molecule has 0 radical (unpaired) electrons. The number of nitrogens with one attached hydrogen (secondary N) is 1. The van der Waals surface area contributed by atoms with E-state index in [-0.39, 0.29) is 11.9 Å². The van der Waals surface area contributed by atoms with E-state index in [1.807, 2.05) is 6.92 Å². The van der Waals surface area contributed by atoms with Gasteiger partial charge in [0.15, 0.2) is 0 Å². The number of rotatable bonds is 6. The lowest BCUT2D eigenvalue weighted by molar-refractivity contribution is -0.145. The summed E-state index contributed by atoms with van der Waals surface area (Å²) in [5, 5.41) is 4.28. The van der Waals surface area contributed by atoms with Gasteiger partial charge in [0.25, 0.3) is 0 Å². The normalized spacial score (nSPS) is 24.1. The highest BCUT2D eigenvalue weighted by molar-refractivity contribution is 8.00. The molecule has 0 aromatic carbocycles. The van der Waals surface area contributed by atoms with Gasteiger partial charge in [-0.2, -0.15) is 11.8 Å². The highest BCUT2D eigenvalue weighted by Gasteiger charge is 2.19. The summed E-state index contributed by atoms with van der Waals surface area (Å²) < 4.78 is 4.72. The molecular weight excluding hydrogens is 222 g/mol. The minimum absolute atomic E-state index is 0.0104. The Hall–Kier alpha value is -0.220. The summed E-state index contributed by atoms with van der Waals surface area (Å²) in [7, 11) is 1.45. The maximum Gasteiger partial charge on any atom is 0.308 e. The first-order chi connectivity index (χ1) is 7.63. The molecule has 0 saturated carbocycles. The van der Waals surface area contributed by atoms with Gasteiger partial charge in [0, 0.05) is 17.8 Å². The van der Waals surface area contributed by atoms with E-state index in [2.05, 4.69) is 24.0 Å². The highest BCUT2D eigenvalue weighted by atomic mass is 32.2. The van der Waals surface area contributed by atoms with Gasteiger partial charge in [0.1, 0.15) is 0 Å². The standard InChI is InChI=1S/C12H23NO2S/c1-9(12(14)15-3)7-10(2)13-8-11-5-4-6-16-11/h9-11,13H,4-8H2,1-3H3. The third kappa shape index (κ3) is 4.74. The van der Waals surface area contributed by atoms with Crippen LogP contribution in [0.15, 0.2) is 0 Å². The molecule has 3 atom stereocenters. The minimum atomic E-state index is -0.108. The van der Waals surface area contributed by atoms with E-state index in [1.165, 1.54) is 25.7 Å². The summed E-state index contributed by atoms with van der Waals surface area (Å²) in [6.45, 7) is 5.13. The van der Waals surface area contributed by atoms with Crippen molar-refractivity contribution in [2.75, 3.05) is 19.4 Å². The first kappa shape index (κ1) is 13.8. The van der Waals surface area contributed by atoms with Crippen molar-refractivity contribution in [3.05, 3.63) is 0 Å². The second kappa shape index (κ2) is 7.17. The predicted molar refractivity (Wildman–Crippen MR) is 68.7 cm³/mol. The van der Waals surface area contributed by atoms with Crippen LogP contribution in [0.3, 0.4) is 0 Å². The van der Waals surface area contributed by atoms with Gasteiger partial charge < -0.3 is 10.1 Å². The summed E-state index contributed by atoms with van der Waals surface area (Å²) in [5.41, 5.74) is 0. The average Bonchev–Trinajstić information content (AvgIpc) is 2.78. The Morgan fingerprint density at radius 3 is 2.88 bits per heavy atom. The van der Waals surface area contributed by atoms with Crippen molar-refractivity contribution in [2.45, 2.75) is 44.4 Å². The largest absolute Gasteiger partial charge is 0.469 e. The lowest BCUT2D eigenvalue weighted by Gasteiger charge is -2.19. The number of thioether (sulfide) groups is 1. The third-order valence-electron chi connectivity index (χ3n) is 3.03. The van der Waals surface area contributed by atoms with Crippen molar-refractivity contribution in [1.29, 1.82) is 0 Å². The predicted octanol–water partition coefficient (Wildman–Crippen LogP) is 2.06. The lowest BCUT2D eigenvalue weighted by atomic mass is 10.0. The molecule has 0 bridgehead atoms. The molecule has 1 N–H and O–H groups in total. The van der Waals surface area contributed by atoms with Gasteiger partial charge in [-0.1, -0.05) is 6.92 Å². The van der Waals surface area contributed by atoms with E-state index in [0.29, 0.717) is 6.04 Å². The van der Waals surface area contributed by atoms with Crippen LogP contribution in [0.2, 0.25) is 0 Å². The Bertz CT molecular complexity index is 217. The molecule has 1 heterocycles. The van der Waals surface area contributed by atoms with Crippen LogP contribution in [0.1, 0.15) is 33.1 Å². The number of esters is 1. The van der Waals surface area contributed by atoms with Crippen LogP contribution in [0.25, 0.3) is 0 Å². The van der Waals surface area contributed by atoms with Gasteiger partial charge in [-0.05, 0) is 31.9 Å². The van der Waals surface area contributed by atoms with Crippen molar-refractivity contribution >= 4 is 17.7 Å². The zero-order valence-corrected chi connectivity index (χ0v) is 11.3. The quantitative estimate of drug-likeness (QED) is 0.727. The van der Waals surface area contributed by atoms with Crippen LogP contribution in [-0.2, 0) is 9.53 Å². The van der Waals surface area contributed by atoms with E-state index in [9.17, 15) is 4.79 Å². The van der Waals surface area contributed by atoms with Crippen LogP contribution in [0, 0.1) is 5.92 Å². The fraction of sp³-hybridized carbons (Fsp3) is 0.917. The summed E-state index contributed by atoms with van der Waals surface area (Å²) in [5.74, 6) is 1.19. The smallest absolute Gasteiger partial charge is 0.308 e. The summed E-state index contributed by atoms with van der Waals surface area (Å²) in [6.07, 6.45) is 3.53. The van der Waals surface area contributed by atoms with Gasteiger partial charge in [0.05, 0.1) is 13.0 Å². The SMILES string of the molecule is COC(=O)C(C)CC(C)NCC1CCCS1. The van der Waals surface area contributed by atoms with Crippen molar-refractivity contribution < 1.29 is 9.53 Å². The van der Waals surface area contributed by atoms with E-state index in [1.54, 1.807) is 0 Å². The lowest BCUT2D eigenvalue weighted by Crippen LogP contribution is -2.34. The molecule has 0 aliphatic carbocycles. The Balaban J connectivity index is 2.14. The number of ether oxygens (including phenoxy) is 1. The molecule has 1 aliphatic rings. The molecule has 1 rings (SSSR count). The number of carbonyl (C=O) groups excluding carboxylic acids is 1. The molecule has 94 valence electrons. The van der Waals surface area contributed by atoms with E-state index < -0.39 is 0 Å². The second-order valence-corrected chi connectivity index (χ2v) is 6.01. The number of methoxy groups -OCH3 is 1. The van der Waals surface area contributed by atoms with Gasteiger partial charge in [0.2, 0.25) is 0 Å². The maximum atomic E-state index is 11.3. The Kier molecular flexibility index (Phi) is 6.21. The first-order valence-corrected chi connectivity index (χ1v) is 7.11. The molecular formula is C12H23NO2S. The minimum Gasteiger partial charge on any atom is -0.469 e. The molecule has 3 unspecified atom stereocenters. The Labute approximate surface area is 103 Å². The molecule has 0 spiro atoms. The van der Waals surface area contributed by atoms with Crippen LogP contribution < -0.4 is 5.32 Å². The molecule has 1 fully saturated rings. The Morgan fingerprint density at radius 2 is 2.31 bits per heavy atom. The molecule has 3 nitrogen and oxygen atoms in total. The van der Waals surface area contributed by atoms with Crippen molar-refractivity contribution in [3.63, 3.8) is 0 Å². The van der Waals surface area contributed by atoms with E-state index in [0.717, 1.165) is 18.2 Å². The van der Waals surface area contributed by atoms with Crippen LogP contribution in [0.4, 0.5) is 0 Å². The highest BCUT2D eigenvalue weighted by Crippen LogP contribution is 2.25. The zero-order chi connectivity index (χ0) is 12.0. The van der Waals surface area contributed by atoms with Crippen molar-refractivity contribution in [3.8, 4) is 0 Å². The summed E-state index contributed by atoms with van der Waals surface area (Å²) in [6, 6.07) is 0.385. The molecule has 1 saturated heterocycles. The van der Waals surface area contributed by atoms with E-state index in [4.69, 9.17) is 4.74 Å². The monoisotopic (exact) mass is 245 g/mol. The summed E-state index contributed by atoms with van der Waals surface area (Å²) in [4.78, 5) is 11.3. The number of hydrogen-bond donors (Lipinski definition) is 1. The molecule has 0 amide bonds. The van der Waals surface area contributed by atoms with E-state index >= 15 is 0 Å². The molecule has 4 heteroatoms. The van der Waals surface area contributed by atoms with Crippen molar-refractivity contribution in [1.82, 2.24) is 5.32 Å². The summed E-state index contributed by atoms with van der Waals surface area (Å²) >= 11 is 2.06. The fourth-order valence-electron chi connectivity index (χ4n) is 2.05. The maximum absolute atomic E-state index is 11.3. The third-order valence-corrected chi connectivity index (χ3v) is 4.43. The van der Waals surface area contributed by atoms with Crippen LogP contribution in [0.5, 0.6) is 0 Å². The van der Waals surface area contributed by atoms with Crippen molar-refractivity contribution in [2.24, 2.45) is 5.92 Å². The average molecular weight is 245 g/mol. The number of carbonyl (C=O) groups is 1. The van der Waals surface area contributed by atoms with Gasteiger partial charge in [-0.3, -0.25) is 4.79 Å². The fourth-order valence-corrected chi connectivity index (χ4v) is 3.26. The van der Waals surface area contributed by atoms with Gasteiger partial charge in [-0.15, -0.1) is 0 Å².